The van der Waals surface area contributed by atoms with Crippen LogP contribution in [0.4, 0.5) is 4.79 Å². The van der Waals surface area contributed by atoms with Crippen molar-refractivity contribution in [2.75, 3.05) is 39.3 Å². The number of carboxylic acid groups (broad SMARTS) is 1. The number of piperazine rings is 1. The van der Waals surface area contributed by atoms with Gasteiger partial charge in [0.2, 0.25) is 0 Å². The first-order valence-corrected chi connectivity index (χ1v) is 7.03. The van der Waals surface area contributed by atoms with Crippen LogP contribution in [0.25, 0.3) is 0 Å². The van der Waals surface area contributed by atoms with Crippen LogP contribution in [-0.4, -0.2) is 66.2 Å². The Balaban J connectivity index is 1.65. The molecule has 1 heterocycles. The SMILES string of the molecule is CC(CNC(=O)N1CCN(CC(=O)O)CC1)C1CC1. The number of hydrogen-bond acceptors (Lipinski definition) is 3. The molecule has 1 unspecified atom stereocenters. The number of carbonyl (C=O) groups excluding carboxylic acids is 1. The van der Waals surface area contributed by atoms with Crippen molar-refractivity contribution in [1.29, 1.82) is 0 Å². The van der Waals surface area contributed by atoms with Crippen LogP contribution in [0.1, 0.15) is 19.8 Å². The highest BCUT2D eigenvalue weighted by Gasteiger charge is 2.28. The maximum absolute atomic E-state index is 12.0. The van der Waals surface area contributed by atoms with E-state index in [4.69, 9.17) is 5.11 Å². The largest absolute Gasteiger partial charge is 0.480 e. The number of urea groups is 1. The summed E-state index contributed by atoms with van der Waals surface area (Å²) in [7, 11) is 0. The monoisotopic (exact) mass is 269 g/mol. The Bertz CT molecular complexity index is 336. The van der Waals surface area contributed by atoms with Gasteiger partial charge in [-0.3, -0.25) is 9.69 Å². The minimum Gasteiger partial charge on any atom is -0.480 e. The highest BCUT2D eigenvalue weighted by molar-refractivity contribution is 5.74. The summed E-state index contributed by atoms with van der Waals surface area (Å²) in [5.41, 5.74) is 0. The molecule has 0 aromatic carbocycles. The van der Waals surface area contributed by atoms with Crippen molar-refractivity contribution in [2.45, 2.75) is 19.8 Å². The van der Waals surface area contributed by atoms with Gasteiger partial charge in [0.1, 0.15) is 0 Å². The van der Waals surface area contributed by atoms with Crippen LogP contribution in [-0.2, 0) is 4.79 Å². The molecule has 6 nitrogen and oxygen atoms in total. The van der Waals surface area contributed by atoms with E-state index in [1.807, 2.05) is 4.90 Å². The van der Waals surface area contributed by atoms with Gasteiger partial charge in [-0.1, -0.05) is 6.92 Å². The molecule has 2 N–H and O–H groups in total. The van der Waals surface area contributed by atoms with Crippen molar-refractivity contribution >= 4 is 12.0 Å². The molecule has 6 heteroatoms. The van der Waals surface area contributed by atoms with E-state index in [1.54, 1.807) is 4.90 Å². The van der Waals surface area contributed by atoms with Crippen molar-refractivity contribution in [3.63, 3.8) is 0 Å². The molecule has 1 aliphatic carbocycles. The number of carbonyl (C=O) groups is 2. The van der Waals surface area contributed by atoms with Gasteiger partial charge in [-0.2, -0.15) is 0 Å². The molecule has 2 aliphatic rings. The summed E-state index contributed by atoms with van der Waals surface area (Å²) >= 11 is 0. The molecule has 2 rings (SSSR count). The van der Waals surface area contributed by atoms with Crippen LogP contribution in [0, 0.1) is 11.8 Å². The van der Waals surface area contributed by atoms with Crippen molar-refractivity contribution in [3.8, 4) is 0 Å². The lowest BCUT2D eigenvalue weighted by Gasteiger charge is -2.34. The molecule has 1 saturated heterocycles. The highest BCUT2D eigenvalue weighted by atomic mass is 16.4. The van der Waals surface area contributed by atoms with Gasteiger partial charge in [0, 0.05) is 32.7 Å². The Labute approximate surface area is 113 Å². The van der Waals surface area contributed by atoms with E-state index in [1.165, 1.54) is 12.8 Å². The second-order valence-electron chi connectivity index (χ2n) is 5.66. The van der Waals surface area contributed by atoms with Gasteiger partial charge in [-0.15, -0.1) is 0 Å². The van der Waals surface area contributed by atoms with Crippen LogP contribution < -0.4 is 5.32 Å². The van der Waals surface area contributed by atoms with Crippen LogP contribution in [0.2, 0.25) is 0 Å². The molecule has 19 heavy (non-hydrogen) atoms. The number of rotatable bonds is 5. The number of nitrogens with one attached hydrogen (secondary N) is 1. The minimum atomic E-state index is -0.809. The number of amides is 2. The normalized spacial score (nSPS) is 22.1. The van der Waals surface area contributed by atoms with Gasteiger partial charge in [-0.05, 0) is 24.7 Å². The number of nitrogens with zero attached hydrogens (tertiary/aromatic N) is 2. The molecular weight excluding hydrogens is 246 g/mol. The fourth-order valence-electron chi connectivity index (χ4n) is 2.49. The smallest absolute Gasteiger partial charge is 0.317 e. The van der Waals surface area contributed by atoms with Crippen LogP contribution in [0.3, 0.4) is 0 Å². The summed E-state index contributed by atoms with van der Waals surface area (Å²) in [5, 5.41) is 11.7. The van der Waals surface area contributed by atoms with Gasteiger partial charge < -0.3 is 15.3 Å². The van der Waals surface area contributed by atoms with Crippen LogP contribution in [0.15, 0.2) is 0 Å². The molecule has 1 atom stereocenters. The zero-order chi connectivity index (χ0) is 13.8. The molecule has 0 aromatic heterocycles. The molecule has 108 valence electrons. The molecule has 2 amide bonds. The Morgan fingerprint density at radius 1 is 1.26 bits per heavy atom. The van der Waals surface area contributed by atoms with Crippen LogP contribution in [0.5, 0.6) is 0 Å². The zero-order valence-corrected chi connectivity index (χ0v) is 11.5. The van der Waals surface area contributed by atoms with Gasteiger partial charge >= 0.3 is 12.0 Å². The maximum Gasteiger partial charge on any atom is 0.317 e. The third kappa shape index (κ3) is 4.38. The fraction of sp³-hybridized carbons (Fsp3) is 0.846. The van der Waals surface area contributed by atoms with Crippen molar-refractivity contribution in [1.82, 2.24) is 15.1 Å². The van der Waals surface area contributed by atoms with Crippen molar-refractivity contribution in [2.24, 2.45) is 11.8 Å². The summed E-state index contributed by atoms with van der Waals surface area (Å²) in [6.45, 7) is 5.49. The first-order chi connectivity index (χ1) is 9.06. The van der Waals surface area contributed by atoms with Gasteiger partial charge in [0.15, 0.2) is 0 Å². The number of hydrogen-bond donors (Lipinski definition) is 2. The predicted octanol–water partition coefficient (Wildman–Crippen LogP) is 0.444. The predicted molar refractivity (Wildman–Crippen MR) is 70.9 cm³/mol. The third-order valence-electron chi connectivity index (χ3n) is 4.02. The lowest BCUT2D eigenvalue weighted by atomic mass is 10.1. The lowest BCUT2D eigenvalue weighted by Crippen LogP contribution is -2.53. The molecule has 1 aliphatic heterocycles. The molecule has 0 spiro atoms. The number of aliphatic carboxylic acids is 1. The summed E-state index contributed by atoms with van der Waals surface area (Å²) in [6.07, 6.45) is 2.59. The zero-order valence-electron chi connectivity index (χ0n) is 11.5. The Morgan fingerprint density at radius 3 is 2.42 bits per heavy atom. The summed E-state index contributed by atoms with van der Waals surface area (Å²) in [5.74, 6) is 0.557. The first kappa shape index (κ1) is 14.1. The van der Waals surface area contributed by atoms with E-state index >= 15 is 0 Å². The summed E-state index contributed by atoms with van der Waals surface area (Å²) in [6, 6.07) is -0.0116. The van der Waals surface area contributed by atoms with Crippen molar-refractivity contribution < 1.29 is 14.7 Å². The standard InChI is InChI=1S/C13H23N3O3/c1-10(11-2-3-11)8-14-13(19)16-6-4-15(5-7-16)9-12(17)18/h10-11H,2-9H2,1H3,(H,14,19)(H,17,18). The summed E-state index contributed by atoms with van der Waals surface area (Å²) in [4.78, 5) is 26.2. The molecule has 0 radical (unpaired) electrons. The first-order valence-electron chi connectivity index (χ1n) is 7.03. The topological polar surface area (TPSA) is 72.9 Å². The van der Waals surface area contributed by atoms with E-state index < -0.39 is 5.97 Å². The second kappa shape index (κ2) is 6.23. The Kier molecular flexibility index (Phi) is 4.63. The quantitative estimate of drug-likeness (QED) is 0.760. The molecule has 0 aromatic rings. The highest BCUT2D eigenvalue weighted by Crippen LogP contribution is 2.36. The average Bonchev–Trinajstić information content (AvgIpc) is 3.20. The second-order valence-corrected chi connectivity index (χ2v) is 5.66. The average molecular weight is 269 g/mol. The van der Waals surface area contributed by atoms with E-state index in [0.717, 1.165) is 12.5 Å². The van der Waals surface area contributed by atoms with E-state index in [0.29, 0.717) is 32.1 Å². The van der Waals surface area contributed by atoms with E-state index in [2.05, 4.69) is 12.2 Å². The Hall–Kier alpha value is -1.30. The molecule has 0 bridgehead atoms. The fourth-order valence-corrected chi connectivity index (χ4v) is 2.49. The molecule has 2 fully saturated rings. The van der Waals surface area contributed by atoms with E-state index in [-0.39, 0.29) is 12.6 Å². The van der Waals surface area contributed by atoms with Crippen molar-refractivity contribution in [3.05, 3.63) is 0 Å². The van der Waals surface area contributed by atoms with E-state index in [9.17, 15) is 9.59 Å². The maximum atomic E-state index is 12.0. The third-order valence-corrected chi connectivity index (χ3v) is 4.02. The van der Waals surface area contributed by atoms with Gasteiger partial charge in [-0.25, -0.2) is 4.79 Å². The minimum absolute atomic E-state index is 0.0116. The van der Waals surface area contributed by atoms with Gasteiger partial charge in [0.05, 0.1) is 6.54 Å². The number of carboxylic acids is 1. The van der Waals surface area contributed by atoms with Crippen LogP contribution >= 0.6 is 0 Å². The lowest BCUT2D eigenvalue weighted by molar-refractivity contribution is -0.138. The molecule has 1 saturated carbocycles. The van der Waals surface area contributed by atoms with Gasteiger partial charge in [0.25, 0.3) is 0 Å². The molecular formula is C13H23N3O3. The summed E-state index contributed by atoms with van der Waals surface area (Å²) < 4.78 is 0. The Morgan fingerprint density at radius 2 is 1.89 bits per heavy atom.